The van der Waals surface area contributed by atoms with E-state index in [1.54, 1.807) is 13.8 Å². The zero-order valence-corrected chi connectivity index (χ0v) is 7.14. The first-order chi connectivity index (χ1) is 5.02. The maximum atomic E-state index is 10.6. The summed E-state index contributed by atoms with van der Waals surface area (Å²) in [5.74, 6) is -0.522. The Kier molecular flexibility index (Phi) is 3.76. The van der Waals surface area contributed by atoms with Crippen molar-refractivity contribution in [2.45, 2.75) is 25.0 Å². The molecule has 0 spiro atoms. The number of carbonyl (C=O) groups is 1. The predicted octanol–water partition coefficient (Wildman–Crippen LogP) is 1.66. The zero-order valence-electron chi connectivity index (χ0n) is 6.33. The van der Waals surface area contributed by atoms with Crippen LogP contribution in [0.1, 0.15) is 20.3 Å². The Morgan fingerprint density at radius 2 is 2.27 bits per heavy atom. The number of Topliss-reactive ketones (excluding diaryl/α,β-unsaturated/α-hetero) is 1. The molecule has 0 aliphatic rings. The molecule has 0 saturated carbocycles. The van der Waals surface area contributed by atoms with Crippen molar-refractivity contribution in [3.8, 4) is 6.07 Å². The van der Waals surface area contributed by atoms with Crippen LogP contribution in [0.3, 0.4) is 0 Å². The maximum absolute atomic E-state index is 10.6. The molecule has 60 valence electrons. The Balaban J connectivity index is 4.02. The number of nitrogens with zero attached hydrogens (tertiary/aromatic N) is 2. The molecule has 5 heteroatoms. The van der Waals surface area contributed by atoms with Crippen molar-refractivity contribution in [3.63, 3.8) is 0 Å². The monoisotopic (exact) mass is 172 g/mol. The lowest BCUT2D eigenvalue weighted by Gasteiger charge is -2.15. The van der Waals surface area contributed by atoms with E-state index in [2.05, 4.69) is 4.58 Å². The van der Waals surface area contributed by atoms with Crippen LogP contribution in [-0.2, 0) is 4.79 Å². The molecule has 0 bridgehead atoms. The first-order valence-corrected chi connectivity index (χ1v) is 3.73. The van der Waals surface area contributed by atoms with Gasteiger partial charge in [0.2, 0.25) is 5.78 Å². The van der Waals surface area contributed by atoms with Crippen LogP contribution in [0.25, 0.3) is 0 Å². The summed E-state index contributed by atoms with van der Waals surface area (Å²) in [7, 11) is 0. The smallest absolute Gasteiger partial charge is 0.233 e. The molecule has 0 saturated heterocycles. The third-order valence-corrected chi connectivity index (χ3v) is 1.71. The SMILES string of the molecule is CC(C)(CC(=O)C#N)SN=O. The molecule has 0 atom stereocenters. The number of carbonyl (C=O) groups excluding carboxylic acids is 1. The van der Waals surface area contributed by atoms with Gasteiger partial charge in [0, 0.05) is 27.7 Å². The Morgan fingerprint density at radius 3 is 2.64 bits per heavy atom. The van der Waals surface area contributed by atoms with Gasteiger partial charge in [0.1, 0.15) is 6.07 Å². The largest absolute Gasteiger partial charge is 0.283 e. The maximum Gasteiger partial charge on any atom is 0.233 e. The minimum Gasteiger partial charge on any atom is -0.283 e. The van der Waals surface area contributed by atoms with Gasteiger partial charge in [-0.05, 0) is 13.8 Å². The summed E-state index contributed by atoms with van der Waals surface area (Å²) in [4.78, 5) is 20.4. The highest BCUT2D eigenvalue weighted by Crippen LogP contribution is 2.28. The second-order valence-electron chi connectivity index (χ2n) is 2.64. The van der Waals surface area contributed by atoms with Crippen LogP contribution in [0.4, 0.5) is 0 Å². The second-order valence-corrected chi connectivity index (χ2v) is 4.07. The molecule has 4 nitrogen and oxygen atoms in total. The lowest BCUT2D eigenvalue weighted by atomic mass is 10.1. The molecule has 0 aromatic heterocycles. The Labute approximate surface area is 69.1 Å². The molecule has 0 fully saturated rings. The van der Waals surface area contributed by atoms with E-state index in [0.29, 0.717) is 0 Å². The van der Waals surface area contributed by atoms with Crippen molar-refractivity contribution in [1.82, 2.24) is 0 Å². The fourth-order valence-electron chi connectivity index (χ4n) is 0.559. The predicted molar refractivity (Wildman–Crippen MR) is 42.7 cm³/mol. The molecule has 0 rings (SSSR count). The lowest BCUT2D eigenvalue weighted by Crippen LogP contribution is -2.18. The molecule has 0 aliphatic carbocycles. The average Bonchev–Trinajstić information content (AvgIpc) is 1.86. The summed E-state index contributed by atoms with van der Waals surface area (Å²) < 4.78 is 2.04. The number of rotatable bonds is 4. The van der Waals surface area contributed by atoms with Gasteiger partial charge in [0.25, 0.3) is 0 Å². The zero-order chi connectivity index (χ0) is 8.91. The third kappa shape index (κ3) is 4.51. The molecule has 0 aliphatic heterocycles. The van der Waals surface area contributed by atoms with E-state index in [-0.39, 0.29) is 6.42 Å². The van der Waals surface area contributed by atoms with Crippen LogP contribution >= 0.6 is 11.9 Å². The molecule has 0 radical (unpaired) electrons. The van der Waals surface area contributed by atoms with Crippen LogP contribution in [0.5, 0.6) is 0 Å². The van der Waals surface area contributed by atoms with Crippen molar-refractivity contribution in [1.29, 1.82) is 5.26 Å². The van der Waals surface area contributed by atoms with E-state index in [1.165, 1.54) is 6.07 Å². The molecule has 0 aromatic rings. The fraction of sp³-hybridized carbons (Fsp3) is 0.667. The van der Waals surface area contributed by atoms with Crippen LogP contribution in [0.2, 0.25) is 0 Å². The van der Waals surface area contributed by atoms with Gasteiger partial charge < -0.3 is 0 Å². The number of ketones is 1. The summed E-state index contributed by atoms with van der Waals surface area (Å²) in [6, 6.07) is 1.48. The Bertz CT molecular complexity index is 207. The van der Waals surface area contributed by atoms with Gasteiger partial charge in [-0.3, -0.25) is 4.79 Å². The van der Waals surface area contributed by atoms with E-state index in [9.17, 15) is 9.70 Å². The van der Waals surface area contributed by atoms with Crippen molar-refractivity contribution in [2.75, 3.05) is 0 Å². The minimum absolute atomic E-state index is 0.0555. The van der Waals surface area contributed by atoms with Crippen molar-refractivity contribution < 1.29 is 4.79 Å². The molecule has 0 aromatic carbocycles. The van der Waals surface area contributed by atoms with Crippen LogP contribution in [0.15, 0.2) is 4.58 Å². The van der Waals surface area contributed by atoms with Gasteiger partial charge in [-0.1, -0.05) is 0 Å². The summed E-state index contributed by atoms with van der Waals surface area (Å²) in [6.07, 6.45) is 0.0555. The lowest BCUT2D eigenvalue weighted by molar-refractivity contribution is -0.114. The van der Waals surface area contributed by atoms with Gasteiger partial charge >= 0.3 is 0 Å². The second kappa shape index (κ2) is 4.09. The van der Waals surface area contributed by atoms with Gasteiger partial charge in [0.15, 0.2) is 0 Å². The third-order valence-electron chi connectivity index (χ3n) is 0.995. The van der Waals surface area contributed by atoms with Crippen molar-refractivity contribution in [3.05, 3.63) is 4.91 Å². The van der Waals surface area contributed by atoms with E-state index < -0.39 is 10.5 Å². The van der Waals surface area contributed by atoms with Crippen LogP contribution in [-0.4, -0.2) is 10.5 Å². The van der Waals surface area contributed by atoms with Crippen molar-refractivity contribution >= 4 is 17.7 Å². The summed E-state index contributed by atoms with van der Waals surface area (Å²) >= 11 is 0.775. The summed E-state index contributed by atoms with van der Waals surface area (Å²) in [5, 5.41) is 8.15. The van der Waals surface area contributed by atoms with E-state index in [4.69, 9.17) is 5.26 Å². The van der Waals surface area contributed by atoms with Gasteiger partial charge in [-0.2, -0.15) is 5.26 Å². The molecule has 11 heavy (non-hydrogen) atoms. The highest BCUT2D eigenvalue weighted by atomic mass is 32.2. The fourth-order valence-corrected chi connectivity index (χ4v) is 0.957. The molecule has 0 heterocycles. The number of nitriles is 1. The average molecular weight is 172 g/mol. The van der Waals surface area contributed by atoms with Gasteiger partial charge in [0.05, 0.1) is 0 Å². The first kappa shape index (κ1) is 10.1. The molecular formula is C6H8N2O2S. The number of hydrogen-bond donors (Lipinski definition) is 0. The number of hydrogen-bond acceptors (Lipinski definition) is 5. The quantitative estimate of drug-likeness (QED) is 0.367. The normalized spacial score (nSPS) is 10.3. The highest BCUT2D eigenvalue weighted by molar-refractivity contribution is 7.99. The van der Waals surface area contributed by atoms with Gasteiger partial charge in [-0.15, -0.1) is 4.91 Å². The minimum atomic E-state index is -0.561. The van der Waals surface area contributed by atoms with E-state index in [0.717, 1.165) is 11.9 Å². The first-order valence-electron chi connectivity index (χ1n) is 2.95. The van der Waals surface area contributed by atoms with Crippen LogP contribution in [0, 0.1) is 16.2 Å². The number of nitroso groups, excluding NO2 is 1. The molecule has 0 unspecified atom stereocenters. The van der Waals surface area contributed by atoms with E-state index in [1.807, 2.05) is 0 Å². The standard InChI is InChI=1S/C6H8N2O2S/c1-6(2,11-8-10)3-5(9)4-7/h3H2,1-2H3. The van der Waals surface area contributed by atoms with Crippen LogP contribution < -0.4 is 0 Å². The summed E-state index contributed by atoms with van der Waals surface area (Å²) in [5.41, 5.74) is 0. The van der Waals surface area contributed by atoms with E-state index >= 15 is 0 Å². The van der Waals surface area contributed by atoms with Gasteiger partial charge in [-0.25, -0.2) is 0 Å². The molecule has 0 amide bonds. The highest BCUT2D eigenvalue weighted by Gasteiger charge is 2.23. The molecule has 0 N–H and O–H groups in total. The Hall–Kier alpha value is -0.890. The topological polar surface area (TPSA) is 70.3 Å². The summed E-state index contributed by atoms with van der Waals surface area (Å²) in [6.45, 7) is 3.38. The Morgan fingerprint density at radius 1 is 1.73 bits per heavy atom. The molecular weight excluding hydrogens is 164 g/mol. The van der Waals surface area contributed by atoms with Crippen molar-refractivity contribution in [2.24, 2.45) is 4.58 Å².